The standard InChI is InChI=1S/C20H19N3O7S/c1-4-30-17(24)11-22-14-10-12(23(26)27)8-9-16(14)31-20(22)21-19(25)13-6-5-7-15(28-2)18(13)29-3/h5-10H,4,11H2,1-3H3. The highest BCUT2D eigenvalue weighted by atomic mass is 32.1. The predicted molar refractivity (Wildman–Crippen MR) is 113 cm³/mol. The number of non-ortho nitro benzene ring substituents is 1. The molecule has 1 heterocycles. The summed E-state index contributed by atoms with van der Waals surface area (Å²) < 4.78 is 17.6. The number of nitro groups is 1. The van der Waals surface area contributed by atoms with Crippen LogP contribution in [-0.2, 0) is 16.1 Å². The van der Waals surface area contributed by atoms with Crippen molar-refractivity contribution in [1.82, 2.24) is 4.57 Å². The van der Waals surface area contributed by atoms with Gasteiger partial charge in [0.25, 0.3) is 11.6 Å². The summed E-state index contributed by atoms with van der Waals surface area (Å²) in [6.07, 6.45) is 0. The van der Waals surface area contributed by atoms with Crippen LogP contribution in [0.4, 0.5) is 5.69 Å². The molecular weight excluding hydrogens is 426 g/mol. The number of benzene rings is 2. The van der Waals surface area contributed by atoms with Gasteiger partial charge in [-0.2, -0.15) is 4.99 Å². The molecule has 1 aromatic heterocycles. The minimum Gasteiger partial charge on any atom is -0.493 e. The zero-order valence-electron chi connectivity index (χ0n) is 17.0. The molecule has 0 aliphatic carbocycles. The highest BCUT2D eigenvalue weighted by Gasteiger charge is 2.19. The number of esters is 1. The molecule has 0 radical (unpaired) electrons. The van der Waals surface area contributed by atoms with Crippen molar-refractivity contribution in [3.63, 3.8) is 0 Å². The van der Waals surface area contributed by atoms with E-state index in [1.165, 1.54) is 30.9 Å². The SMILES string of the molecule is CCOC(=O)Cn1c(=NC(=O)c2cccc(OC)c2OC)sc2ccc([N+](=O)[O-])cc21. The number of hydrogen-bond acceptors (Lipinski definition) is 8. The van der Waals surface area contributed by atoms with Crippen LogP contribution >= 0.6 is 11.3 Å². The summed E-state index contributed by atoms with van der Waals surface area (Å²) in [5.41, 5.74) is 0.430. The van der Waals surface area contributed by atoms with E-state index >= 15 is 0 Å². The van der Waals surface area contributed by atoms with E-state index in [9.17, 15) is 19.7 Å². The normalized spacial score (nSPS) is 11.4. The molecule has 11 heteroatoms. The topological polar surface area (TPSA) is 122 Å². The number of carbonyl (C=O) groups excluding carboxylic acids is 2. The molecule has 0 unspecified atom stereocenters. The van der Waals surface area contributed by atoms with Crippen LogP contribution in [0.15, 0.2) is 41.4 Å². The molecule has 0 bridgehead atoms. The summed E-state index contributed by atoms with van der Waals surface area (Å²) in [7, 11) is 2.86. The van der Waals surface area contributed by atoms with Gasteiger partial charge < -0.3 is 18.8 Å². The van der Waals surface area contributed by atoms with Gasteiger partial charge in [-0.3, -0.25) is 19.7 Å². The van der Waals surface area contributed by atoms with Gasteiger partial charge in [0.1, 0.15) is 6.54 Å². The van der Waals surface area contributed by atoms with E-state index in [1.54, 1.807) is 31.2 Å². The molecule has 2 aromatic carbocycles. The van der Waals surface area contributed by atoms with Gasteiger partial charge in [0.2, 0.25) is 0 Å². The number of thiazole rings is 1. The first kappa shape index (κ1) is 22.0. The summed E-state index contributed by atoms with van der Waals surface area (Å²) in [6, 6.07) is 9.06. The largest absolute Gasteiger partial charge is 0.493 e. The van der Waals surface area contributed by atoms with Crippen molar-refractivity contribution in [2.75, 3.05) is 20.8 Å². The lowest BCUT2D eigenvalue weighted by Crippen LogP contribution is -2.23. The van der Waals surface area contributed by atoms with Crippen molar-refractivity contribution in [3.05, 3.63) is 56.9 Å². The summed E-state index contributed by atoms with van der Waals surface area (Å²) in [5, 5.41) is 11.2. The van der Waals surface area contributed by atoms with E-state index in [1.807, 2.05) is 0 Å². The number of para-hydroxylation sites is 1. The summed E-state index contributed by atoms with van der Waals surface area (Å²) >= 11 is 1.12. The Labute approximate surface area is 180 Å². The van der Waals surface area contributed by atoms with Crippen molar-refractivity contribution >= 4 is 39.1 Å². The van der Waals surface area contributed by atoms with E-state index in [2.05, 4.69) is 4.99 Å². The molecule has 0 atom stereocenters. The van der Waals surface area contributed by atoms with Gasteiger partial charge >= 0.3 is 5.97 Å². The molecule has 3 rings (SSSR count). The average Bonchev–Trinajstić information content (AvgIpc) is 3.09. The smallest absolute Gasteiger partial charge is 0.326 e. The third-order valence-corrected chi connectivity index (χ3v) is 5.36. The molecule has 1 amide bonds. The number of rotatable bonds is 7. The highest BCUT2D eigenvalue weighted by molar-refractivity contribution is 7.16. The second-order valence-corrected chi connectivity index (χ2v) is 7.15. The van der Waals surface area contributed by atoms with Crippen LogP contribution in [0.3, 0.4) is 0 Å². The molecule has 0 aliphatic rings. The molecule has 162 valence electrons. The van der Waals surface area contributed by atoms with Crippen molar-refractivity contribution < 1.29 is 28.7 Å². The van der Waals surface area contributed by atoms with E-state index in [4.69, 9.17) is 14.2 Å². The number of aromatic nitrogens is 1. The third kappa shape index (κ3) is 4.56. The zero-order valence-corrected chi connectivity index (χ0v) is 17.8. The van der Waals surface area contributed by atoms with Crippen molar-refractivity contribution in [1.29, 1.82) is 0 Å². The molecule has 0 saturated heterocycles. The fourth-order valence-corrected chi connectivity index (χ4v) is 3.96. The summed E-state index contributed by atoms with van der Waals surface area (Å²) in [4.78, 5) is 40.1. The van der Waals surface area contributed by atoms with Crippen molar-refractivity contribution in [3.8, 4) is 11.5 Å². The van der Waals surface area contributed by atoms with Gasteiger partial charge in [-0.1, -0.05) is 17.4 Å². The van der Waals surface area contributed by atoms with Crippen LogP contribution in [0.1, 0.15) is 17.3 Å². The van der Waals surface area contributed by atoms with Gasteiger partial charge in [0.15, 0.2) is 16.3 Å². The first-order valence-electron chi connectivity index (χ1n) is 9.13. The molecule has 31 heavy (non-hydrogen) atoms. The van der Waals surface area contributed by atoms with Crippen LogP contribution in [0.2, 0.25) is 0 Å². The van der Waals surface area contributed by atoms with Crippen LogP contribution in [0, 0.1) is 10.1 Å². The maximum atomic E-state index is 12.9. The quantitative estimate of drug-likeness (QED) is 0.311. The molecule has 0 fully saturated rings. The Morgan fingerprint density at radius 1 is 1.19 bits per heavy atom. The Morgan fingerprint density at radius 2 is 1.97 bits per heavy atom. The number of nitro benzene ring substituents is 1. The fourth-order valence-electron chi connectivity index (χ4n) is 2.95. The number of methoxy groups -OCH3 is 2. The van der Waals surface area contributed by atoms with Gasteiger partial charge in [-0.05, 0) is 25.1 Å². The molecule has 10 nitrogen and oxygen atoms in total. The fraction of sp³-hybridized carbons (Fsp3) is 0.250. The van der Waals surface area contributed by atoms with Gasteiger partial charge in [0.05, 0.1) is 41.5 Å². The molecule has 0 N–H and O–H groups in total. The maximum Gasteiger partial charge on any atom is 0.326 e. The van der Waals surface area contributed by atoms with Gasteiger partial charge in [0, 0.05) is 12.1 Å². The monoisotopic (exact) mass is 445 g/mol. The maximum absolute atomic E-state index is 12.9. The Morgan fingerprint density at radius 3 is 2.61 bits per heavy atom. The Kier molecular flexibility index (Phi) is 6.65. The van der Waals surface area contributed by atoms with Crippen LogP contribution in [0.5, 0.6) is 11.5 Å². The lowest BCUT2D eigenvalue weighted by atomic mass is 10.2. The lowest BCUT2D eigenvalue weighted by Gasteiger charge is -2.10. The first-order chi connectivity index (χ1) is 14.9. The number of nitrogens with zero attached hydrogens (tertiary/aromatic N) is 3. The van der Waals surface area contributed by atoms with Crippen molar-refractivity contribution in [2.24, 2.45) is 4.99 Å². The summed E-state index contributed by atoms with van der Waals surface area (Å²) in [5.74, 6) is -0.571. The number of carbonyl (C=O) groups is 2. The number of hydrogen-bond donors (Lipinski definition) is 0. The van der Waals surface area contributed by atoms with Crippen LogP contribution < -0.4 is 14.3 Å². The van der Waals surface area contributed by atoms with Crippen molar-refractivity contribution in [2.45, 2.75) is 13.5 Å². The number of fused-ring (bicyclic) bond motifs is 1. The second kappa shape index (κ2) is 9.39. The van der Waals surface area contributed by atoms with Gasteiger partial charge in [-0.15, -0.1) is 0 Å². The number of amides is 1. The summed E-state index contributed by atoms with van der Waals surface area (Å²) in [6.45, 7) is 1.59. The van der Waals surface area contributed by atoms with E-state index in [0.29, 0.717) is 16.0 Å². The Hall–Kier alpha value is -3.73. The molecular formula is C20H19N3O7S. The predicted octanol–water partition coefficient (Wildman–Crippen LogP) is 2.93. The van der Waals surface area contributed by atoms with E-state index in [0.717, 1.165) is 11.3 Å². The van der Waals surface area contributed by atoms with E-state index in [-0.39, 0.29) is 35.0 Å². The molecule has 0 spiro atoms. The van der Waals surface area contributed by atoms with E-state index < -0.39 is 16.8 Å². The molecule has 0 aliphatic heterocycles. The van der Waals surface area contributed by atoms with Gasteiger partial charge in [-0.25, -0.2) is 0 Å². The Bertz CT molecular complexity index is 1230. The number of ether oxygens (including phenoxy) is 3. The highest BCUT2D eigenvalue weighted by Crippen LogP contribution is 2.31. The zero-order chi connectivity index (χ0) is 22.5. The molecule has 3 aromatic rings. The second-order valence-electron chi connectivity index (χ2n) is 6.14. The van der Waals surface area contributed by atoms with Crippen LogP contribution in [0.25, 0.3) is 10.2 Å². The average molecular weight is 445 g/mol. The first-order valence-corrected chi connectivity index (χ1v) is 9.94. The Balaban J connectivity index is 2.18. The lowest BCUT2D eigenvalue weighted by molar-refractivity contribution is -0.384. The molecule has 0 saturated carbocycles. The van der Waals surface area contributed by atoms with Crippen LogP contribution in [-0.4, -0.2) is 42.2 Å². The minimum atomic E-state index is -0.616. The minimum absolute atomic E-state index is 0.143. The third-order valence-electron chi connectivity index (χ3n) is 4.30.